The molecule has 2 rings (SSSR count). The second-order valence-electron chi connectivity index (χ2n) is 6.78. The van der Waals surface area contributed by atoms with Crippen molar-refractivity contribution < 1.29 is 9.18 Å². The number of hydrogen-bond donors (Lipinski definition) is 2. The van der Waals surface area contributed by atoms with Crippen LogP contribution in [0.3, 0.4) is 0 Å². The van der Waals surface area contributed by atoms with Crippen LogP contribution in [0.2, 0.25) is 0 Å². The summed E-state index contributed by atoms with van der Waals surface area (Å²) in [5.74, 6) is 0.906. The van der Waals surface area contributed by atoms with E-state index in [1.54, 1.807) is 32.3 Å². The number of nitrogens with zero attached hydrogens (tertiary/aromatic N) is 2. The Labute approximate surface area is 149 Å². The third-order valence-corrected chi connectivity index (χ3v) is 4.55. The van der Waals surface area contributed by atoms with Crippen molar-refractivity contribution in [1.29, 1.82) is 0 Å². The van der Waals surface area contributed by atoms with Gasteiger partial charge in [-0.3, -0.25) is 4.79 Å². The first-order valence-electron chi connectivity index (χ1n) is 9.02. The van der Waals surface area contributed by atoms with Gasteiger partial charge in [0.2, 0.25) is 5.91 Å². The summed E-state index contributed by atoms with van der Waals surface area (Å²) in [6.45, 7) is 1.24. The van der Waals surface area contributed by atoms with E-state index in [-0.39, 0.29) is 24.8 Å². The Morgan fingerprint density at radius 3 is 2.60 bits per heavy atom. The zero-order chi connectivity index (χ0) is 18.1. The molecule has 0 radical (unpaired) electrons. The molecule has 0 aliphatic heterocycles. The summed E-state index contributed by atoms with van der Waals surface area (Å²) in [6, 6.07) is 6.62. The van der Waals surface area contributed by atoms with Gasteiger partial charge in [0.05, 0.1) is 13.1 Å². The molecule has 0 bridgehead atoms. The number of benzene rings is 1. The van der Waals surface area contributed by atoms with Gasteiger partial charge >= 0.3 is 0 Å². The highest BCUT2D eigenvalue weighted by molar-refractivity contribution is 5.86. The van der Waals surface area contributed by atoms with E-state index < -0.39 is 0 Å². The molecule has 138 valence electrons. The van der Waals surface area contributed by atoms with Gasteiger partial charge in [-0.05, 0) is 24.8 Å². The number of amides is 1. The van der Waals surface area contributed by atoms with Crippen LogP contribution < -0.4 is 10.6 Å². The number of guanidine groups is 1. The highest BCUT2D eigenvalue weighted by atomic mass is 19.1. The number of rotatable bonds is 6. The smallest absolute Gasteiger partial charge is 0.241 e. The van der Waals surface area contributed by atoms with Crippen molar-refractivity contribution in [3.05, 3.63) is 35.6 Å². The van der Waals surface area contributed by atoms with Crippen molar-refractivity contribution >= 4 is 11.9 Å². The van der Waals surface area contributed by atoms with Crippen molar-refractivity contribution in [3.63, 3.8) is 0 Å². The molecule has 1 saturated carbocycles. The van der Waals surface area contributed by atoms with Crippen molar-refractivity contribution in [2.24, 2.45) is 10.9 Å². The van der Waals surface area contributed by atoms with Gasteiger partial charge in [0.1, 0.15) is 5.82 Å². The van der Waals surface area contributed by atoms with Crippen molar-refractivity contribution in [2.75, 3.05) is 27.2 Å². The molecule has 25 heavy (non-hydrogen) atoms. The molecule has 0 aromatic heterocycles. The number of halogens is 1. The highest BCUT2D eigenvalue weighted by Crippen LogP contribution is 2.22. The Hall–Kier alpha value is -2.11. The average Bonchev–Trinajstić information content (AvgIpc) is 2.62. The fourth-order valence-corrected chi connectivity index (χ4v) is 2.91. The predicted octanol–water partition coefficient (Wildman–Crippen LogP) is 2.53. The van der Waals surface area contributed by atoms with Crippen LogP contribution in [-0.2, 0) is 11.3 Å². The summed E-state index contributed by atoms with van der Waals surface area (Å²) in [6.07, 6.45) is 6.33. The number of carbonyl (C=O) groups is 1. The van der Waals surface area contributed by atoms with E-state index in [4.69, 9.17) is 0 Å². The summed E-state index contributed by atoms with van der Waals surface area (Å²) >= 11 is 0. The molecule has 0 heterocycles. The minimum atomic E-state index is -0.262. The summed E-state index contributed by atoms with van der Waals surface area (Å²) < 4.78 is 13.8. The molecule has 1 aromatic rings. The van der Waals surface area contributed by atoms with Crippen molar-refractivity contribution in [3.8, 4) is 0 Å². The van der Waals surface area contributed by atoms with E-state index in [9.17, 15) is 9.18 Å². The zero-order valence-electron chi connectivity index (χ0n) is 15.2. The summed E-state index contributed by atoms with van der Waals surface area (Å²) in [7, 11) is 3.44. The molecular weight excluding hydrogens is 319 g/mol. The minimum Gasteiger partial charge on any atom is -0.356 e. The van der Waals surface area contributed by atoms with Crippen LogP contribution in [-0.4, -0.2) is 44.0 Å². The van der Waals surface area contributed by atoms with E-state index in [2.05, 4.69) is 15.6 Å². The Bertz CT molecular complexity index is 583. The minimum absolute atomic E-state index is 0.0296. The fourth-order valence-electron chi connectivity index (χ4n) is 2.91. The molecule has 1 aliphatic carbocycles. The van der Waals surface area contributed by atoms with Crippen LogP contribution in [0.1, 0.15) is 37.7 Å². The largest absolute Gasteiger partial charge is 0.356 e. The average molecular weight is 348 g/mol. The molecule has 5 nitrogen and oxygen atoms in total. The lowest BCUT2D eigenvalue weighted by Crippen LogP contribution is -2.44. The maximum atomic E-state index is 13.8. The standard InChI is InChI=1S/C19H29FN4O/c1-24(2)18(25)14-23-19(21-12-15-8-4-3-5-9-15)22-13-16-10-6-7-11-17(16)20/h6-7,10-11,15H,3-5,8-9,12-14H2,1-2H3,(H2,21,22,23). The first-order chi connectivity index (χ1) is 12.1. The van der Waals surface area contributed by atoms with Crippen LogP contribution in [0, 0.1) is 11.7 Å². The zero-order valence-corrected chi connectivity index (χ0v) is 15.2. The predicted molar refractivity (Wildman–Crippen MR) is 98.8 cm³/mol. The van der Waals surface area contributed by atoms with Gasteiger partial charge in [-0.2, -0.15) is 0 Å². The molecule has 2 N–H and O–H groups in total. The first kappa shape index (κ1) is 19.2. The lowest BCUT2D eigenvalue weighted by atomic mass is 9.89. The van der Waals surface area contributed by atoms with Crippen LogP contribution in [0.15, 0.2) is 29.3 Å². The van der Waals surface area contributed by atoms with Crippen LogP contribution in [0.5, 0.6) is 0 Å². The molecule has 1 aliphatic rings. The Morgan fingerprint density at radius 2 is 1.92 bits per heavy atom. The van der Waals surface area contributed by atoms with Gasteiger partial charge in [-0.1, -0.05) is 37.5 Å². The van der Waals surface area contributed by atoms with E-state index in [0.29, 0.717) is 17.4 Å². The fraction of sp³-hybridized carbons (Fsp3) is 0.579. The first-order valence-corrected chi connectivity index (χ1v) is 9.02. The quantitative estimate of drug-likeness (QED) is 0.614. The Kier molecular flexibility index (Phi) is 7.70. The maximum absolute atomic E-state index is 13.8. The number of nitrogens with one attached hydrogen (secondary N) is 2. The summed E-state index contributed by atoms with van der Waals surface area (Å²) in [4.78, 5) is 17.8. The number of carbonyl (C=O) groups excluding carboxylic acids is 1. The summed E-state index contributed by atoms with van der Waals surface area (Å²) in [5, 5.41) is 6.37. The molecule has 0 saturated heterocycles. The van der Waals surface area contributed by atoms with Gasteiger partial charge in [-0.15, -0.1) is 0 Å². The lowest BCUT2D eigenvalue weighted by molar-refractivity contribution is -0.127. The Morgan fingerprint density at radius 1 is 1.20 bits per heavy atom. The molecule has 1 aromatic carbocycles. The van der Waals surface area contributed by atoms with Crippen LogP contribution in [0.4, 0.5) is 4.39 Å². The van der Waals surface area contributed by atoms with E-state index >= 15 is 0 Å². The Balaban J connectivity index is 1.95. The third kappa shape index (κ3) is 6.72. The van der Waals surface area contributed by atoms with E-state index in [1.165, 1.54) is 43.1 Å². The topological polar surface area (TPSA) is 56.7 Å². The second kappa shape index (κ2) is 10.0. The molecule has 6 heteroatoms. The van der Waals surface area contributed by atoms with E-state index in [0.717, 1.165) is 6.54 Å². The number of likely N-dealkylation sites (N-methyl/N-ethyl adjacent to an activating group) is 1. The highest BCUT2D eigenvalue weighted by Gasteiger charge is 2.14. The van der Waals surface area contributed by atoms with Crippen molar-refractivity contribution in [2.45, 2.75) is 38.6 Å². The van der Waals surface area contributed by atoms with Crippen molar-refractivity contribution in [1.82, 2.24) is 15.5 Å². The van der Waals surface area contributed by atoms with Gasteiger partial charge in [-0.25, -0.2) is 9.38 Å². The maximum Gasteiger partial charge on any atom is 0.241 e. The summed E-state index contributed by atoms with van der Waals surface area (Å²) in [5.41, 5.74) is 0.542. The van der Waals surface area contributed by atoms with Gasteiger partial charge in [0.15, 0.2) is 5.96 Å². The number of hydrogen-bond acceptors (Lipinski definition) is 2. The molecule has 0 atom stereocenters. The molecule has 0 spiro atoms. The van der Waals surface area contributed by atoms with Gasteiger partial charge < -0.3 is 15.5 Å². The molecule has 1 fully saturated rings. The van der Waals surface area contributed by atoms with Crippen LogP contribution in [0.25, 0.3) is 0 Å². The molecule has 0 unspecified atom stereocenters. The monoisotopic (exact) mass is 348 g/mol. The SMILES string of the molecule is CN(C)C(=O)CNC(=NCc1ccccc1F)NCC1CCCCC1. The van der Waals surface area contributed by atoms with Gasteiger partial charge in [0.25, 0.3) is 0 Å². The van der Waals surface area contributed by atoms with E-state index in [1.807, 2.05) is 0 Å². The number of aliphatic imine (C=N–C) groups is 1. The van der Waals surface area contributed by atoms with Gasteiger partial charge in [0, 0.05) is 26.2 Å². The molecule has 1 amide bonds. The normalized spacial score (nSPS) is 15.7. The second-order valence-corrected chi connectivity index (χ2v) is 6.78. The lowest BCUT2D eigenvalue weighted by Gasteiger charge is -2.23. The van der Waals surface area contributed by atoms with Crippen LogP contribution >= 0.6 is 0 Å². The third-order valence-electron chi connectivity index (χ3n) is 4.55. The molecular formula is C19H29FN4O.